The lowest BCUT2D eigenvalue weighted by molar-refractivity contribution is -0.119. The van der Waals surface area contributed by atoms with Gasteiger partial charge >= 0.3 is 10.1 Å². The summed E-state index contributed by atoms with van der Waals surface area (Å²) in [5, 5.41) is 3.91. The third kappa shape index (κ3) is 5.44. The monoisotopic (exact) mass is 583 g/mol. The second kappa shape index (κ2) is 10.1. The summed E-state index contributed by atoms with van der Waals surface area (Å²) in [6.45, 7) is 10.3. The third-order valence-corrected chi connectivity index (χ3v) is 9.12. The van der Waals surface area contributed by atoms with Crippen molar-refractivity contribution in [3.63, 3.8) is 0 Å². The van der Waals surface area contributed by atoms with E-state index in [-0.39, 0.29) is 45.4 Å². The van der Waals surface area contributed by atoms with Crippen LogP contribution in [0.3, 0.4) is 0 Å². The van der Waals surface area contributed by atoms with Crippen molar-refractivity contribution in [3.8, 4) is 11.5 Å². The van der Waals surface area contributed by atoms with E-state index in [2.05, 4.69) is 33.0 Å². The maximum atomic E-state index is 13.6. The van der Waals surface area contributed by atoms with Gasteiger partial charge in [-0.15, -0.1) is 0 Å². The molecule has 2 aromatic carbocycles. The van der Waals surface area contributed by atoms with Gasteiger partial charge in [0, 0.05) is 46.3 Å². The molecule has 2 aromatic rings. The van der Waals surface area contributed by atoms with Crippen LogP contribution in [0.5, 0.6) is 11.5 Å². The minimum atomic E-state index is -4.17. The summed E-state index contributed by atoms with van der Waals surface area (Å²) >= 11 is 5.91. The molecule has 0 saturated heterocycles. The van der Waals surface area contributed by atoms with Crippen molar-refractivity contribution in [3.05, 3.63) is 75.6 Å². The van der Waals surface area contributed by atoms with Crippen molar-refractivity contribution < 1.29 is 26.9 Å². The fraction of sp³-hybridized carbons (Fsp3) is 0.419. The summed E-state index contributed by atoms with van der Waals surface area (Å²) in [5.74, 6) is -0.315. The minimum Gasteiger partial charge on any atom is -0.490 e. The highest BCUT2D eigenvalue weighted by Gasteiger charge is 2.46. The number of ether oxygens (including phenoxy) is 1. The molecular formula is C31H34ClNO6S. The number of allylic oxidation sites excluding steroid dienone is 4. The summed E-state index contributed by atoms with van der Waals surface area (Å²) in [4.78, 5) is 27.2. The molecule has 0 radical (unpaired) electrons. The molecule has 5 rings (SSSR count). The molecule has 2 aliphatic carbocycles. The van der Waals surface area contributed by atoms with E-state index in [0.29, 0.717) is 47.4 Å². The molecule has 0 unspecified atom stereocenters. The first-order valence-electron chi connectivity index (χ1n) is 13.5. The van der Waals surface area contributed by atoms with E-state index in [1.165, 1.54) is 30.3 Å². The van der Waals surface area contributed by atoms with Gasteiger partial charge in [-0.3, -0.25) is 9.59 Å². The lowest BCUT2D eigenvalue weighted by Gasteiger charge is -2.44. The van der Waals surface area contributed by atoms with Crippen LogP contribution >= 0.6 is 11.6 Å². The van der Waals surface area contributed by atoms with Crippen molar-refractivity contribution in [2.75, 3.05) is 6.61 Å². The number of hydrogen-bond donors (Lipinski definition) is 1. The van der Waals surface area contributed by atoms with Gasteiger partial charge in [0.2, 0.25) is 0 Å². The van der Waals surface area contributed by atoms with Crippen molar-refractivity contribution in [2.45, 2.75) is 71.1 Å². The van der Waals surface area contributed by atoms with Crippen LogP contribution in [0.15, 0.2) is 69.9 Å². The van der Waals surface area contributed by atoms with Gasteiger partial charge in [0.05, 0.1) is 6.61 Å². The van der Waals surface area contributed by atoms with Crippen molar-refractivity contribution >= 4 is 33.3 Å². The molecule has 1 N–H and O–H groups in total. The number of benzene rings is 2. The Balaban J connectivity index is 1.61. The summed E-state index contributed by atoms with van der Waals surface area (Å²) in [6, 6.07) is 10.6. The zero-order chi connectivity index (χ0) is 29.0. The molecule has 3 aliphatic rings. The third-order valence-electron chi connectivity index (χ3n) is 7.62. The predicted molar refractivity (Wildman–Crippen MR) is 153 cm³/mol. The van der Waals surface area contributed by atoms with Crippen LogP contribution in [-0.2, 0) is 19.7 Å². The molecule has 0 bridgehead atoms. The lowest BCUT2D eigenvalue weighted by atomic mass is 9.64. The fourth-order valence-corrected chi connectivity index (χ4v) is 7.10. The van der Waals surface area contributed by atoms with Crippen LogP contribution in [0, 0.1) is 10.8 Å². The molecule has 0 spiro atoms. The number of ketones is 2. The molecule has 9 heteroatoms. The van der Waals surface area contributed by atoms with E-state index in [1.54, 1.807) is 19.1 Å². The SMILES string of the molecule is CCOc1cc(C2C3=C(CC(C)(C)CC3=O)NC3=C2C(=O)CC(C)(C)C3)ccc1OS(=O)(=O)c1ccc(Cl)cc1. The smallest absolute Gasteiger partial charge is 0.339 e. The highest BCUT2D eigenvalue weighted by molar-refractivity contribution is 7.87. The van der Waals surface area contributed by atoms with Crippen molar-refractivity contribution in [2.24, 2.45) is 10.8 Å². The van der Waals surface area contributed by atoms with E-state index in [1.807, 2.05) is 0 Å². The molecule has 40 heavy (non-hydrogen) atoms. The quantitative estimate of drug-likeness (QED) is 0.389. The summed E-state index contributed by atoms with van der Waals surface area (Å²) in [7, 11) is -4.17. The summed E-state index contributed by atoms with van der Waals surface area (Å²) < 4.78 is 37.3. The second-order valence-electron chi connectivity index (χ2n) is 12.4. The Bertz CT molecular complexity index is 1520. The fourth-order valence-electron chi connectivity index (χ4n) is 6.03. The van der Waals surface area contributed by atoms with E-state index in [0.717, 1.165) is 11.4 Å². The van der Waals surface area contributed by atoms with Gasteiger partial charge in [-0.2, -0.15) is 8.42 Å². The standard InChI is InChI=1S/C31H34ClNO6S/c1-6-38-26-13-18(7-12-25(26)39-40(36,37)20-10-8-19(32)9-11-20)27-28-21(14-30(2,3)16-23(28)34)33-22-15-31(4,5)17-24(35)29(22)27/h7-13,27,33H,6,14-17H2,1-5H3. The van der Waals surface area contributed by atoms with Gasteiger partial charge in [-0.05, 0) is 72.6 Å². The summed E-state index contributed by atoms with van der Waals surface area (Å²) in [5.41, 5.74) is 3.21. The molecule has 1 aliphatic heterocycles. The van der Waals surface area contributed by atoms with Gasteiger partial charge in [0.25, 0.3) is 0 Å². The number of hydrogen-bond acceptors (Lipinski definition) is 7. The van der Waals surface area contributed by atoms with Gasteiger partial charge in [0.1, 0.15) is 4.90 Å². The highest BCUT2D eigenvalue weighted by atomic mass is 35.5. The van der Waals surface area contributed by atoms with Crippen LogP contribution in [0.4, 0.5) is 0 Å². The van der Waals surface area contributed by atoms with Crippen LogP contribution in [-0.4, -0.2) is 26.6 Å². The largest absolute Gasteiger partial charge is 0.490 e. The van der Waals surface area contributed by atoms with Crippen molar-refractivity contribution in [1.29, 1.82) is 0 Å². The Morgan fingerprint density at radius 3 is 1.93 bits per heavy atom. The first-order valence-corrected chi connectivity index (χ1v) is 15.2. The second-order valence-corrected chi connectivity index (χ2v) is 14.3. The average Bonchev–Trinajstić information content (AvgIpc) is 2.82. The molecular weight excluding hydrogens is 550 g/mol. The van der Waals surface area contributed by atoms with Gasteiger partial charge in [-0.1, -0.05) is 45.4 Å². The first kappa shape index (κ1) is 28.4. The van der Waals surface area contributed by atoms with E-state index in [4.69, 9.17) is 20.5 Å². The van der Waals surface area contributed by atoms with Gasteiger partial charge in [0.15, 0.2) is 23.1 Å². The number of Topliss-reactive ketones (excluding diaryl/α,β-unsaturated/α-hetero) is 2. The highest BCUT2D eigenvalue weighted by Crippen LogP contribution is 2.51. The Morgan fingerprint density at radius 1 is 0.850 bits per heavy atom. The number of nitrogens with one attached hydrogen (secondary N) is 1. The van der Waals surface area contributed by atoms with E-state index in [9.17, 15) is 18.0 Å². The number of carbonyl (C=O) groups excluding carboxylic acids is 2. The van der Waals surface area contributed by atoms with E-state index < -0.39 is 16.0 Å². The van der Waals surface area contributed by atoms with Crippen molar-refractivity contribution in [1.82, 2.24) is 5.32 Å². The molecule has 7 nitrogen and oxygen atoms in total. The average molecular weight is 584 g/mol. The lowest BCUT2D eigenvalue weighted by Crippen LogP contribution is -2.42. The maximum absolute atomic E-state index is 13.6. The first-order chi connectivity index (χ1) is 18.7. The van der Waals surface area contributed by atoms with Gasteiger partial charge < -0.3 is 14.2 Å². The minimum absolute atomic E-state index is 0.0107. The molecule has 1 heterocycles. The van der Waals surface area contributed by atoms with Crippen LogP contribution in [0.2, 0.25) is 5.02 Å². The van der Waals surface area contributed by atoms with Crippen LogP contribution in [0.1, 0.15) is 71.8 Å². The van der Waals surface area contributed by atoms with E-state index >= 15 is 0 Å². The normalized spacial score (nSPS) is 20.6. The van der Waals surface area contributed by atoms with Crippen LogP contribution in [0.25, 0.3) is 0 Å². The predicted octanol–water partition coefficient (Wildman–Crippen LogP) is 6.48. The summed E-state index contributed by atoms with van der Waals surface area (Å²) in [6.07, 6.45) is 2.14. The van der Waals surface area contributed by atoms with Gasteiger partial charge in [-0.25, -0.2) is 0 Å². The van der Waals surface area contributed by atoms with Crippen LogP contribution < -0.4 is 14.2 Å². The Hall–Kier alpha value is -3.10. The molecule has 0 amide bonds. The number of carbonyl (C=O) groups is 2. The maximum Gasteiger partial charge on any atom is 0.339 e. The Morgan fingerprint density at radius 2 is 1.40 bits per heavy atom. The molecule has 0 aromatic heterocycles. The molecule has 0 fully saturated rings. The number of rotatable bonds is 6. The number of dihydropyridines is 1. The molecule has 0 saturated carbocycles. The Labute approximate surface area is 240 Å². The topological polar surface area (TPSA) is 98.8 Å². The zero-order valence-corrected chi connectivity index (χ0v) is 25.0. The number of halogens is 1. The zero-order valence-electron chi connectivity index (χ0n) is 23.4. The molecule has 0 atom stereocenters. The molecule has 212 valence electrons. The Kier molecular flexibility index (Phi) is 7.16.